The first-order valence-corrected chi connectivity index (χ1v) is 18.2. The van der Waals surface area contributed by atoms with Crippen molar-refractivity contribution in [1.29, 1.82) is 0 Å². The number of nitrogens with two attached hydrogens (primary N) is 2. The van der Waals surface area contributed by atoms with Gasteiger partial charge in [0.25, 0.3) is 0 Å². The number of aromatic amines is 2. The van der Waals surface area contributed by atoms with Crippen LogP contribution in [0.1, 0.15) is 45.0 Å². The summed E-state index contributed by atoms with van der Waals surface area (Å²) in [6.45, 7) is 8.27. The molecule has 3 aromatic heterocycles. The van der Waals surface area contributed by atoms with Crippen LogP contribution in [0.15, 0.2) is 109 Å². The number of aromatic nitrogens is 4. The van der Waals surface area contributed by atoms with Crippen molar-refractivity contribution in [3.05, 3.63) is 154 Å². The number of hydrogen-bond acceptors (Lipinski definition) is 4. The maximum atomic E-state index is 6.56. The Hall–Kier alpha value is -6.92. The molecule has 4 aromatic carbocycles. The van der Waals surface area contributed by atoms with E-state index < -0.39 is 0 Å². The van der Waals surface area contributed by atoms with Crippen molar-refractivity contribution < 1.29 is 0 Å². The van der Waals surface area contributed by atoms with Crippen LogP contribution in [0.4, 0.5) is 11.4 Å². The third kappa shape index (κ3) is 5.78. The monoisotopic (exact) mass is 700 g/mol. The minimum Gasteiger partial charge on any atom is -0.398 e. The van der Waals surface area contributed by atoms with E-state index in [-0.39, 0.29) is 0 Å². The zero-order valence-corrected chi connectivity index (χ0v) is 30.8. The fourth-order valence-electron chi connectivity index (χ4n) is 7.49. The second kappa shape index (κ2) is 12.9. The van der Waals surface area contributed by atoms with Gasteiger partial charge in [0.15, 0.2) is 0 Å². The fraction of sp³-hybridized carbons (Fsp3) is 0.0833. The lowest BCUT2D eigenvalue weighted by atomic mass is 10.00. The Morgan fingerprint density at radius 3 is 0.944 bits per heavy atom. The highest BCUT2D eigenvalue weighted by atomic mass is 14.8. The van der Waals surface area contributed by atoms with E-state index in [1.54, 1.807) is 0 Å². The summed E-state index contributed by atoms with van der Waals surface area (Å²) in [5.41, 5.74) is 34.1. The molecule has 9 rings (SSSR count). The number of benzene rings is 4. The molecule has 7 aromatic rings. The van der Waals surface area contributed by atoms with Crippen LogP contribution in [0.5, 0.6) is 0 Å². The summed E-state index contributed by atoms with van der Waals surface area (Å²) < 4.78 is 0. The van der Waals surface area contributed by atoms with Crippen molar-refractivity contribution >= 4 is 57.7 Å². The molecule has 6 nitrogen and oxygen atoms in total. The molecule has 54 heavy (non-hydrogen) atoms. The molecular formula is C48H40N6. The maximum Gasteiger partial charge on any atom is 0.0737 e. The van der Waals surface area contributed by atoms with Gasteiger partial charge in [-0.15, -0.1) is 0 Å². The number of anilines is 2. The van der Waals surface area contributed by atoms with E-state index in [4.69, 9.17) is 21.4 Å². The molecule has 0 radical (unpaired) electrons. The van der Waals surface area contributed by atoms with Crippen molar-refractivity contribution in [2.75, 3.05) is 11.5 Å². The standard InChI is InChI=1S/C48H40N6/c1-27-5-11-31(12-6-27)45-37-17-19-39(51-37)46(32-13-7-28(2)8-14-32)41-21-23-43(53-41)48(34-25-35(49)30(4)36(50)26-34)44-24-22-42(54-44)47(40-20-18-38(45)52-40)33-15-9-29(3)10-16-33/h5-26,51,54H,49-50H2,1-4H3. The van der Waals surface area contributed by atoms with Gasteiger partial charge in [0.1, 0.15) is 0 Å². The largest absolute Gasteiger partial charge is 0.398 e. The van der Waals surface area contributed by atoms with Crippen molar-refractivity contribution in [3.63, 3.8) is 0 Å². The molecule has 0 saturated carbocycles. The van der Waals surface area contributed by atoms with Crippen LogP contribution in [-0.4, -0.2) is 19.9 Å². The summed E-state index contributed by atoms with van der Waals surface area (Å²) >= 11 is 0. The van der Waals surface area contributed by atoms with Crippen LogP contribution < -0.4 is 11.5 Å². The number of nitrogens with zero attached hydrogens (tertiary/aromatic N) is 2. The average molecular weight is 701 g/mol. The molecule has 2 aliphatic rings. The maximum absolute atomic E-state index is 6.56. The summed E-state index contributed by atoms with van der Waals surface area (Å²) in [4.78, 5) is 18.4. The predicted molar refractivity (Wildman–Crippen MR) is 228 cm³/mol. The Kier molecular flexibility index (Phi) is 7.89. The Morgan fingerprint density at radius 1 is 0.370 bits per heavy atom. The lowest BCUT2D eigenvalue weighted by Crippen LogP contribution is -1.97. The summed E-state index contributed by atoms with van der Waals surface area (Å²) in [5.74, 6) is 0. The first-order valence-electron chi connectivity index (χ1n) is 18.2. The number of aryl methyl sites for hydroxylation is 3. The number of fused-ring (bicyclic) bond motifs is 8. The second-order valence-electron chi connectivity index (χ2n) is 14.4. The van der Waals surface area contributed by atoms with Gasteiger partial charge >= 0.3 is 0 Å². The zero-order chi connectivity index (χ0) is 37.1. The fourth-order valence-corrected chi connectivity index (χ4v) is 7.49. The number of H-pyrrole nitrogens is 2. The minimum atomic E-state index is 0.634. The Morgan fingerprint density at radius 2 is 0.648 bits per heavy atom. The van der Waals surface area contributed by atoms with E-state index in [9.17, 15) is 0 Å². The molecule has 0 unspecified atom stereocenters. The number of rotatable bonds is 4. The quantitative estimate of drug-likeness (QED) is 0.137. The SMILES string of the molecule is Cc1ccc(-c2c3nc(c(-c4ccc(C)cc4)c4ccc([nH]4)c(-c4cc(N)c(C)c(N)c4)c4nc(c(-c5ccc(C)cc5)c5ccc2[nH]5)C=C4)C=C3)cc1. The lowest BCUT2D eigenvalue weighted by molar-refractivity contribution is 1.31. The molecule has 6 heteroatoms. The van der Waals surface area contributed by atoms with Crippen LogP contribution in [-0.2, 0) is 0 Å². The lowest BCUT2D eigenvalue weighted by Gasteiger charge is -2.10. The van der Waals surface area contributed by atoms with Crippen LogP contribution in [0.3, 0.4) is 0 Å². The van der Waals surface area contributed by atoms with Crippen molar-refractivity contribution in [2.24, 2.45) is 0 Å². The molecule has 0 aliphatic carbocycles. The van der Waals surface area contributed by atoms with Crippen molar-refractivity contribution in [1.82, 2.24) is 19.9 Å². The van der Waals surface area contributed by atoms with Crippen LogP contribution in [0, 0.1) is 27.7 Å². The third-order valence-corrected chi connectivity index (χ3v) is 10.6. The van der Waals surface area contributed by atoms with Gasteiger partial charge in [0, 0.05) is 55.7 Å². The molecule has 6 N–H and O–H groups in total. The molecular weight excluding hydrogens is 661 g/mol. The Bertz CT molecular complexity index is 2780. The zero-order valence-electron chi connectivity index (χ0n) is 30.8. The van der Waals surface area contributed by atoms with Gasteiger partial charge in [-0.25, -0.2) is 9.97 Å². The van der Waals surface area contributed by atoms with Gasteiger partial charge in [-0.1, -0.05) is 89.5 Å². The predicted octanol–water partition coefficient (Wildman–Crippen LogP) is 11.7. The average Bonchev–Trinajstić information content (AvgIpc) is 4.00. The van der Waals surface area contributed by atoms with Crippen molar-refractivity contribution in [3.8, 4) is 44.5 Å². The molecule has 0 saturated heterocycles. The summed E-state index contributed by atoms with van der Waals surface area (Å²) in [7, 11) is 0. The van der Waals surface area contributed by atoms with Crippen molar-refractivity contribution in [2.45, 2.75) is 27.7 Å². The topological polar surface area (TPSA) is 109 Å². The number of nitrogens with one attached hydrogen (secondary N) is 2. The smallest absolute Gasteiger partial charge is 0.0737 e. The van der Waals surface area contributed by atoms with Gasteiger partial charge in [-0.3, -0.25) is 0 Å². The van der Waals surface area contributed by atoms with E-state index in [0.29, 0.717) is 11.4 Å². The van der Waals surface area contributed by atoms with Gasteiger partial charge in [-0.2, -0.15) is 0 Å². The molecule has 2 aliphatic heterocycles. The van der Waals surface area contributed by atoms with Gasteiger partial charge < -0.3 is 21.4 Å². The Labute approximate surface area is 314 Å². The summed E-state index contributed by atoms with van der Waals surface area (Å²) in [6, 6.07) is 38.5. The van der Waals surface area contributed by atoms with Crippen LogP contribution >= 0.6 is 0 Å². The molecule has 0 amide bonds. The third-order valence-electron chi connectivity index (χ3n) is 10.6. The molecule has 0 fully saturated rings. The van der Waals surface area contributed by atoms with Gasteiger partial charge in [-0.05, 0) is 116 Å². The Balaban J connectivity index is 1.48. The summed E-state index contributed by atoms with van der Waals surface area (Å²) in [5, 5.41) is 0. The first kappa shape index (κ1) is 33.0. The molecule has 8 bridgehead atoms. The highest BCUT2D eigenvalue weighted by Crippen LogP contribution is 2.39. The molecule has 5 heterocycles. The highest BCUT2D eigenvalue weighted by molar-refractivity contribution is 6.00. The van der Waals surface area contributed by atoms with Gasteiger partial charge in [0.05, 0.1) is 22.8 Å². The summed E-state index contributed by atoms with van der Waals surface area (Å²) in [6.07, 6.45) is 8.45. The normalized spacial score (nSPS) is 12.1. The van der Waals surface area contributed by atoms with E-state index in [1.165, 1.54) is 16.7 Å². The second-order valence-corrected chi connectivity index (χ2v) is 14.4. The molecule has 0 spiro atoms. The molecule has 0 atom stereocenters. The minimum absolute atomic E-state index is 0.634. The van der Waals surface area contributed by atoms with E-state index in [0.717, 1.165) is 94.9 Å². The van der Waals surface area contributed by atoms with E-state index in [1.807, 2.05) is 19.1 Å². The van der Waals surface area contributed by atoms with Gasteiger partial charge in [0.2, 0.25) is 0 Å². The van der Waals surface area contributed by atoms with Crippen LogP contribution in [0.25, 0.3) is 90.9 Å². The van der Waals surface area contributed by atoms with Crippen LogP contribution in [0.2, 0.25) is 0 Å². The van der Waals surface area contributed by atoms with E-state index >= 15 is 0 Å². The molecule has 262 valence electrons. The highest BCUT2D eigenvalue weighted by Gasteiger charge is 2.19. The number of hydrogen-bond donors (Lipinski definition) is 4. The van der Waals surface area contributed by atoms with E-state index in [2.05, 4.69) is 152 Å². The number of nitrogen functional groups attached to an aromatic ring is 2. The first-order chi connectivity index (χ1) is 26.2.